The van der Waals surface area contributed by atoms with Gasteiger partial charge in [-0.15, -0.1) is 0 Å². The number of imide groups is 1. The van der Waals surface area contributed by atoms with Gasteiger partial charge in [0.2, 0.25) is 17.7 Å². The van der Waals surface area contributed by atoms with Gasteiger partial charge in [0.15, 0.2) is 28.8 Å². The lowest BCUT2D eigenvalue weighted by atomic mass is 9.77. The molecule has 5 heterocycles. The van der Waals surface area contributed by atoms with E-state index in [4.69, 9.17) is 26.8 Å². The van der Waals surface area contributed by atoms with Gasteiger partial charge in [0.05, 0.1) is 22.6 Å². The number of aliphatic hydroxyl groups excluding tert-OH is 1. The molecule has 2 unspecified atom stereocenters. The molecule has 4 N–H and O–H groups in total. The Morgan fingerprint density at radius 3 is 2.28 bits per heavy atom. The van der Waals surface area contributed by atoms with Gasteiger partial charge in [-0.05, 0) is 100 Å². The maximum absolute atomic E-state index is 16.5. The van der Waals surface area contributed by atoms with Crippen molar-refractivity contribution < 1.29 is 51.3 Å². The average Bonchev–Trinajstić information content (AvgIpc) is 3.90. The van der Waals surface area contributed by atoms with E-state index in [0.717, 1.165) is 42.7 Å². The van der Waals surface area contributed by atoms with Crippen molar-refractivity contribution in [2.24, 2.45) is 24.6 Å². The molecule has 0 spiro atoms. The number of piperidine rings is 2. The summed E-state index contributed by atoms with van der Waals surface area (Å²) in [6.07, 6.45) is 5.85. The van der Waals surface area contributed by atoms with Crippen LogP contribution in [0.1, 0.15) is 104 Å². The number of aromatic nitrogens is 2. The van der Waals surface area contributed by atoms with Crippen molar-refractivity contribution in [2.45, 2.75) is 88.2 Å². The fourth-order valence-electron chi connectivity index (χ4n) is 12.6. The van der Waals surface area contributed by atoms with Gasteiger partial charge in [0, 0.05) is 99.4 Å². The number of carbonyl (C=O) groups is 4. The lowest BCUT2D eigenvalue weighted by molar-refractivity contribution is -0.138. The molecule has 20 heteroatoms. The number of nitrogens with two attached hydrogens (primary N) is 1. The van der Waals surface area contributed by atoms with Crippen molar-refractivity contribution in [1.82, 2.24) is 29.8 Å². The number of fused-ring (bicyclic) bond motifs is 2. The predicted molar refractivity (Wildman–Crippen MR) is 277 cm³/mol. The van der Waals surface area contributed by atoms with Crippen LogP contribution >= 0.6 is 11.6 Å². The highest BCUT2D eigenvalue weighted by molar-refractivity contribution is 6.34. The Hall–Kier alpha value is -6.28. The highest BCUT2D eigenvalue weighted by atomic mass is 35.5. The predicted octanol–water partition coefficient (Wildman–Crippen LogP) is 8.37. The molecule has 0 bridgehead atoms. The van der Waals surface area contributed by atoms with E-state index in [9.17, 15) is 24.3 Å². The summed E-state index contributed by atoms with van der Waals surface area (Å²) in [5.74, 6) is -4.95. The summed E-state index contributed by atoms with van der Waals surface area (Å²) in [6, 6.07) is 13.9. The number of halogens is 5. The van der Waals surface area contributed by atoms with Crippen molar-refractivity contribution in [3.63, 3.8) is 0 Å². The molecule has 1 aromatic heterocycles. The lowest BCUT2D eigenvalue weighted by Gasteiger charge is -2.40. The second kappa shape index (κ2) is 21.6. The van der Waals surface area contributed by atoms with Gasteiger partial charge in [-0.2, -0.15) is 5.10 Å². The number of aliphatic hydroxyl groups is 1. The molecular weight excluding hydrogens is 1010 g/mol. The number of urea groups is 1. The number of hydrogen-bond donors (Lipinski definition) is 3. The summed E-state index contributed by atoms with van der Waals surface area (Å²) in [5, 5.41) is 17.3. The Kier molecular flexibility index (Phi) is 15.1. The number of primary amides is 1. The van der Waals surface area contributed by atoms with Gasteiger partial charge in [0.1, 0.15) is 29.5 Å². The number of nitrogens with one attached hydrogen (secondary N) is 1. The van der Waals surface area contributed by atoms with Gasteiger partial charge >= 0.3 is 6.03 Å². The van der Waals surface area contributed by atoms with Crippen molar-refractivity contribution in [3.05, 3.63) is 105 Å². The molecule has 4 fully saturated rings. The van der Waals surface area contributed by atoms with Crippen LogP contribution < -0.4 is 25.4 Å². The number of ether oxygens (including phenoxy) is 2. The molecule has 4 aromatic carbocycles. The Bertz CT molecular complexity index is 3070. The first-order valence-electron chi connectivity index (χ1n) is 26.3. The smallest absolute Gasteiger partial charge is 0.332 e. The monoisotopic (exact) mass is 1070 g/mol. The van der Waals surface area contributed by atoms with E-state index in [1.807, 2.05) is 42.2 Å². The van der Waals surface area contributed by atoms with E-state index in [-0.39, 0.29) is 106 Å². The fraction of sp³-hybridized carbons (Fsp3) is 0.482. The van der Waals surface area contributed by atoms with Crippen LogP contribution in [-0.4, -0.2) is 125 Å². The first kappa shape index (κ1) is 53.1. The zero-order chi connectivity index (χ0) is 53.7. The van der Waals surface area contributed by atoms with Gasteiger partial charge < -0.3 is 35.4 Å². The highest BCUT2D eigenvalue weighted by Crippen LogP contribution is 2.57. The maximum atomic E-state index is 16.5. The van der Waals surface area contributed by atoms with Crippen molar-refractivity contribution in [1.29, 1.82) is 0 Å². The van der Waals surface area contributed by atoms with Gasteiger partial charge in [-0.1, -0.05) is 48.9 Å². The number of anilines is 1. The number of carbonyl (C=O) groups excluding carboxylic acids is 4. The van der Waals surface area contributed by atoms with E-state index in [2.05, 4.69) is 15.3 Å². The standard InChI is InChI=1S/C56H63ClF4N8O7/c1-31-44-42(28-40(59)48(57)47(44)46-37(52(62)72)13-14-41(49(46)60)75-26-25-70)76-56(31,35-7-5-4-6-8-35)30-63-36-11-9-34(10-12-36)54(73)68-22-15-32(16-23-68)29-67-20-17-33(18-21-67)45-39(58)27-38-51(50(45)61)66(3)64-53(38)69-24-19-43(71)65(2)55(69)74/h4-8,13-14,27-28,31-34,36,63,70H,9-12,15-26,29-30H2,1-3H3,(H2,62,72). The van der Waals surface area contributed by atoms with E-state index in [1.165, 1.54) is 40.9 Å². The zero-order valence-electron chi connectivity index (χ0n) is 42.9. The molecule has 5 aliphatic rings. The number of likely N-dealkylation sites (tertiary alicyclic amines) is 2. The van der Waals surface area contributed by atoms with Crippen LogP contribution in [0.3, 0.4) is 0 Å². The molecule has 1 aliphatic carbocycles. The minimum absolute atomic E-state index is 0.0323. The van der Waals surface area contributed by atoms with Crippen LogP contribution in [-0.2, 0) is 22.2 Å². The van der Waals surface area contributed by atoms with Crippen LogP contribution in [0.15, 0.2) is 54.6 Å². The third-order valence-corrected chi connectivity index (χ3v) is 17.2. The van der Waals surface area contributed by atoms with Crippen molar-refractivity contribution in [3.8, 4) is 22.6 Å². The van der Waals surface area contributed by atoms with Gasteiger partial charge in [0.25, 0.3) is 0 Å². The quantitative estimate of drug-likeness (QED) is 0.0917. The third kappa shape index (κ3) is 9.65. The molecule has 5 aromatic rings. The molecule has 2 atom stereocenters. The summed E-state index contributed by atoms with van der Waals surface area (Å²) in [4.78, 5) is 58.4. The van der Waals surface area contributed by atoms with E-state index in [1.54, 1.807) is 7.05 Å². The minimum Gasteiger partial charge on any atom is -0.488 e. The Balaban J connectivity index is 0.738. The highest BCUT2D eigenvalue weighted by Gasteiger charge is 2.50. The normalized spacial score (nSPS) is 22.9. The molecule has 0 radical (unpaired) electrons. The fourth-order valence-corrected chi connectivity index (χ4v) is 12.8. The number of benzene rings is 4. The summed E-state index contributed by atoms with van der Waals surface area (Å²) in [5.41, 5.74) is 5.34. The SMILES string of the molecule is CC1c2c(cc(F)c(Cl)c2-c2c(C(N)=O)ccc(OCCO)c2F)OC1(CNC1CCC(C(=O)N2CCC(CN3CCC(c4c(F)cc5c(N6CCC(=O)N(C)C6=O)nn(C)c5c4F)CC3)CC2)CC1)c1ccccc1. The topological polar surface area (TPSA) is 176 Å². The van der Waals surface area contributed by atoms with Crippen LogP contribution in [0.4, 0.5) is 28.2 Å². The second-order valence-corrected chi connectivity index (χ2v) is 21.5. The largest absolute Gasteiger partial charge is 0.488 e. The number of nitrogens with zero attached hydrogens (tertiary/aromatic N) is 6. The molecule has 3 saturated heterocycles. The van der Waals surface area contributed by atoms with Crippen LogP contribution in [0, 0.1) is 35.1 Å². The molecule has 5 amide bonds. The summed E-state index contributed by atoms with van der Waals surface area (Å²) >= 11 is 6.72. The van der Waals surface area contributed by atoms with E-state index in [0.29, 0.717) is 63.3 Å². The summed E-state index contributed by atoms with van der Waals surface area (Å²) < 4.78 is 78.2. The first-order chi connectivity index (χ1) is 36.5. The molecule has 4 aliphatic heterocycles. The van der Waals surface area contributed by atoms with Crippen LogP contribution in [0.2, 0.25) is 5.02 Å². The second-order valence-electron chi connectivity index (χ2n) is 21.1. The number of amides is 5. The molecule has 15 nitrogen and oxygen atoms in total. The molecule has 1 saturated carbocycles. The van der Waals surface area contributed by atoms with Gasteiger partial charge in [-0.25, -0.2) is 22.4 Å². The molecule has 404 valence electrons. The van der Waals surface area contributed by atoms with Crippen LogP contribution in [0.5, 0.6) is 11.5 Å². The Labute approximate surface area is 443 Å². The zero-order valence-corrected chi connectivity index (χ0v) is 43.6. The van der Waals surface area contributed by atoms with Crippen molar-refractivity contribution >= 4 is 52.1 Å². The Morgan fingerprint density at radius 1 is 0.882 bits per heavy atom. The summed E-state index contributed by atoms with van der Waals surface area (Å²) in [6.45, 7) is 5.17. The summed E-state index contributed by atoms with van der Waals surface area (Å²) in [7, 11) is 2.95. The third-order valence-electron chi connectivity index (χ3n) is 16.8. The number of rotatable bonds is 14. The van der Waals surface area contributed by atoms with E-state index < -0.39 is 58.4 Å². The van der Waals surface area contributed by atoms with Crippen molar-refractivity contribution in [2.75, 3.05) is 71.0 Å². The average molecular weight is 1070 g/mol. The van der Waals surface area contributed by atoms with E-state index >= 15 is 17.6 Å². The first-order valence-corrected chi connectivity index (χ1v) is 26.7. The Morgan fingerprint density at radius 2 is 1.59 bits per heavy atom. The molecule has 10 rings (SSSR count). The molecule has 76 heavy (non-hydrogen) atoms. The molecular formula is C56H63ClF4N8O7. The minimum atomic E-state index is -1.13. The van der Waals surface area contributed by atoms with Crippen LogP contribution in [0.25, 0.3) is 22.0 Å². The van der Waals surface area contributed by atoms with Gasteiger partial charge in [-0.3, -0.25) is 28.9 Å². The number of aryl methyl sites for hydroxylation is 1. The number of hydrogen-bond acceptors (Lipinski definition) is 10. The lowest BCUT2D eigenvalue weighted by Crippen LogP contribution is -2.50. The maximum Gasteiger partial charge on any atom is 0.332 e.